The number of carbonyl (C=O) groups excluding carboxylic acids is 1. The maximum absolute atomic E-state index is 13.6. The van der Waals surface area contributed by atoms with Crippen molar-refractivity contribution in [1.82, 2.24) is 19.5 Å². The van der Waals surface area contributed by atoms with Crippen molar-refractivity contribution >= 4 is 29.0 Å². The van der Waals surface area contributed by atoms with Gasteiger partial charge in [-0.1, -0.05) is 11.6 Å². The Morgan fingerprint density at radius 3 is 2.69 bits per heavy atom. The van der Waals surface area contributed by atoms with Crippen molar-refractivity contribution in [3.05, 3.63) is 57.9 Å². The number of halogens is 4. The SMILES string of the molecule is Cc1cn2nc(C3CCCCN3C(=O)c3cc(Cl)ccc3C(F)(F)F)cc2nc1N1CCC(N)C1. The van der Waals surface area contributed by atoms with Gasteiger partial charge in [0.1, 0.15) is 5.82 Å². The van der Waals surface area contributed by atoms with E-state index >= 15 is 0 Å². The number of fused-ring (bicyclic) bond motifs is 1. The van der Waals surface area contributed by atoms with E-state index in [0.717, 1.165) is 55.5 Å². The first kappa shape index (κ1) is 23.9. The van der Waals surface area contributed by atoms with E-state index < -0.39 is 29.3 Å². The van der Waals surface area contributed by atoms with Crippen LogP contribution in [0.1, 0.15) is 58.9 Å². The van der Waals surface area contributed by atoms with E-state index in [0.29, 0.717) is 30.7 Å². The fourth-order valence-electron chi connectivity index (χ4n) is 5.06. The monoisotopic (exact) mass is 506 g/mol. The van der Waals surface area contributed by atoms with Crippen LogP contribution in [0.5, 0.6) is 0 Å². The van der Waals surface area contributed by atoms with Gasteiger partial charge in [0.2, 0.25) is 0 Å². The third-order valence-electron chi connectivity index (χ3n) is 6.77. The molecular formula is C24H26ClF3N6O. The summed E-state index contributed by atoms with van der Waals surface area (Å²) in [5.74, 6) is 0.152. The average molecular weight is 507 g/mol. The van der Waals surface area contributed by atoms with Crippen molar-refractivity contribution in [2.24, 2.45) is 5.73 Å². The van der Waals surface area contributed by atoms with Crippen molar-refractivity contribution in [3.8, 4) is 0 Å². The van der Waals surface area contributed by atoms with E-state index in [1.807, 2.05) is 19.2 Å². The molecule has 35 heavy (non-hydrogen) atoms. The summed E-state index contributed by atoms with van der Waals surface area (Å²) in [7, 11) is 0. The summed E-state index contributed by atoms with van der Waals surface area (Å²) in [4.78, 5) is 21.9. The zero-order chi connectivity index (χ0) is 24.9. The molecule has 5 rings (SSSR count). The minimum atomic E-state index is -4.67. The second-order valence-electron chi connectivity index (χ2n) is 9.31. The van der Waals surface area contributed by atoms with Crippen LogP contribution in [0, 0.1) is 6.92 Å². The predicted molar refractivity (Wildman–Crippen MR) is 127 cm³/mol. The Labute approximate surface area is 205 Å². The first-order chi connectivity index (χ1) is 16.6. The van der Waals surface area contributed by atoms with Crippen LogP contribution < -0.4 is 10.6 Å². The highest BCUT2D eigenvalue weighted by atomic mass is 35.5. The predicted octanol–water partition coefficient (Wildman–Crippen LogP) is 4.61. The molecule has 2 unspecified atom stereocenters. The summed E-state index contributed by atoms with van der Waals surface area (Å²) in [6, 6.07) is 4.58. The van der Waals surface area contributed by atoms with Crippen LogP contribution in [0.25, 0.3) is 5.65 Å². The zero-order valence-corrected chi connectivity index (χ0v) is 20.0. The van der Waals surface area contributed by atoms with Gasteiger partial charge in [-0.05, 0) is 50.8 Å². The van der Waals surface area contributed by atoms with Crippen LogP contribution in [0.3, 0.4) is 0 Å². The molecule has 0 radical (unpaired) electrons. The standard InChI is InChI=1S/C24H26ClF3N6O/c1-14-12-34-21(30-22(14)32-9-7-16(29)13-32)11-19(31-34)20-4-2-3-8-33(20)23(35)17-10-15(25)5-6-18(17)24(26,27)28/h5-6,10-12,16,20H,2-4,7-9,13,29H2,1H3. The summed E-state index contributed by atoms with van der Waals surface area (Å²) in [5, 5.41) is 4.74. The average Bonchev–Trinajstić information content (AvgIpc) is 3.42. The number of aryl methyl sites for hydroxylation is 1. The summed E-state index contributed by atoms with van der Waals surface area (Å²) in [6.07, 6.45) is 0.268. The van der Waals surface area contributed by atoms with Gasteiger partial charge in [0.15, 0.2) is 5.65 Å². The molecule has 0 bridgehead atoms. The Balaban J connectivity index is 1.50. The highest BCUT2D eigenvalue weighted by Gasteiger charge is 2.39. The van der Waals surface area contributed by atoms with E-state index in [-0.39, 0.29) is 11.1 Å². The normalized spacial score (nSPS) is 21.2. The number of carbonyl (C=O) groups is 1. The molecule has 11 heteroatoms. The molecule has 2 aromatic heterocycles. The van der Waals surface area contributed by atoms with Crippen LogP contribution in [0.4, 0.5) is 19.0 Å². The number of aromatic nitrogens is 3. The van der Waals surface area contributed by atoms with Gasteiger partial charge in [0.25, 0.3) is 5.91 Å². The summed E-state index contributed by atoms with van der Waals surface area (Å²) in [6.45, 7) is 3.86. The van der Waals surface area contributed by atoms with Crippen molar-refractivity contribution in [2.45, 2.75) is 50.9 Å². The molecule has 186 valence electrons. The van der Waals surface area contributed by atoms with Gasteiger partial charge in [-0.15, -0.1) is 0 Å². The van der Waals surface area contributed by atoms with Crippen molar-refractivity contribution in [2.75, 3.05) is 24.5 Å². The lowest BCUT2D eigenvalue weighted by Gasteiger charge is -2.35. The van der Waals surface area contributed by atoms with E-state index in [1.165, 1.54) is 4.90 Å². The van der Waals surface area contributed by atoms with E-state index in [9.17, 15) is 18.0 Å². The second kappa shape index (κ2) is 8.98. The number of rotatable bonds is 3. The smallest absolute Gasteiger partial charge is 0.355 e. The molecule has 2 fully saturated rings. The van der Waals surface area contributed by atoms with E-state index in [1.54, 1.807) is 4.52 Å². The number of anilines is 1. The first-order valence-electron chi connectivity index (χ1n) is 11.7. The molecule has 7 nitrogen and oxygen atoms in total. The lowest BCUT2D eigenvalue weighted by molar-refractivity contribution is -0.138. The van der Waals surface area contributed by atoms with Crippen molar-refractivity contribution in [1.29, 1.82) is 0 Å². The summed E-state index contributed by atoms with van der Waals surface area (Å²) < 4.78 is 42.6. The molecule has 0 aliphatic carbocycles. The van der Waals surface area contributed by atoms with Gasteiger partial charge in [0.05, 0.1) is 22.9 Å². The first-order valence-corrected chi connectivity index (χ1v) is 12.0. The number of alkyl halides is 3. The van der Waals surface area contributed by atoms with Gasteiger partial charge in [-0.3, -0.25) is 4.79 Å². The van der Waals surface area contributed by atoms with Gasteiger partial charge < -0.3 is 15.5 Å². The molecule has 1 amide bonds. The molecule has 0 saturated carbocycles. The quantitative estimate of drug-likeness (QED) is 0.561. The summed E-state index contributed by atoms with van der Waals surface area (Å²) in [5.41, 5.74) is 6.81. The third-order valence-corrected chi connectivity index (χ3v) is 7.01. The molecule has 2 N–H and O–H groups in total. The molecule has 2 saturated heterocycles. The number of hydrogen-bond acceptors (Lipinski definition) is 5. The van der Waals surface area contributed by atoms with Crippen molar-refractivity contribution < 1.29 is 18.0 Å². The van der Waals surface area contributed by atoms with Gasteiger partial charge in [-0.2, -0.15) is 18.3 Å². The molecule has 4 heterocycles. The molecule has 2 aliphatic heterocycles. The number of piperidine rings is 1. The van der Waals surface area contributed by atoms with Gasteiger partial charge >= 0.3 is 6.18 Å². The molecule has 1 aromatic carbocycles. The van der Waals surface area contributed by atoms with Crippen LogP contribution in [0.2, 0.25) is 5.02 Å². The van der Waals surface area contributed by atoms with Crippen LogP contribution in [-0.2, 0) is 6.18 Å². The zero-order valence-electron chi connectivity index (χ0n) is 19.2. The van der Waals surface area contributed by atoms with Gasteiger partial charge in [-0.25, -0.2) is 9.50 Å². The number of benzene rings is 1. The number of nitrogens with two attached hydrogens (primary N) is 1. The molecule has 2 atom stereocenters. The van der Waals surface area contributed by atoms with E-state index in [2.05, 4.69) is 10.00 Å². The number of hydrogen-bond donors (Lipinski definition) is 1. The van der Waals surface area contributed by atoms with E-state index in [4.69, 9.17) is 22.3 Å². The highest BCUT2D eigenvalue weighted by molar-refractivity contribution is 6.31. The molecular weight excluding hydrogens is 481 g/mol. The minimum absolute atomic E-state index is 0.0801. The largest absolute Gasteiger partial charge is 0.417 e. The van der Waals surface area contributed by atoms with Crippen molar-refractivity contribution in [3.63, 3.8) is 0 Å². The topological polar surface area (TPSA) is 79.8 Å². The Morgan fingerprint density at radius 1 is 1.17 bits per heavy atom. The van der Waals surface area contributed by atoms with Crippen LogP contribution >= 0.6 is 11.6 Å². The number of likely N-dealkylation sites (tertiary alicyclic amines) is 1. The molecule has 0 spiro atoms. The maximum Gasteiger partial charge on any atom is 0.417 e. The lowest BCUT2D eigenvalue weighted by atomic mass is 9.97. The van der Waals surface area contributed by atoms with Gasteiger partial charge in [0, 0.05) is 48.5 Å². The Hall–Kier alpha value is -2.85. The third kappa shape index (κ3) is 4.56. The molecule has 3 aromatic rings. The van der Waals surface area contributed by atoms with Crippen LogP contribution in [0.15, 0.2) is 30.5 Å². The lowest BCUT2D eigenvalue weighted by Crippen LogP contribution is -2.39. The maximum atomic E-state index is 13.6. The Bertz CT molecular complexity index is 1280. The second-order valence-corrected chi connectivity index (χ2v) is 9.75. The fourth-order valence-corrected chi connectivity index (χ4v) is 5.23. The Morgan fingerprint density at radius 2 is 1.97 bits per heavy atom. The number of amides is 1. The minimum Gasteiger partial charge on any atom is -0.355 e. The Kier molecular flexibility index (Phi) is 6.13. The summed E-state index contributed by atoms with van der Waals surface area (Å²) >= 11 is 5.98. The number of nitrogens with zero attached hydrogens (tertiary/aromatic N) is 5. The highest BCUT2D eigenvalue weighted by Crippen LogP contribution is 2.37. The molecule has 2 aliphatic rings. The fraction of sp³-hybridized carbons (Fsp3) is 0.458. The van der Waals surface area contributed by atoms with Crippen LogP contribution in [-0.4, -0.2) is 51.1 Å².